The fourth-order valence-electron chi connectivity index (χ4n) is 9.87. The van der Waals surface area contributed by atoms with Crippen molar-refractivity contribution < 1.29 is 33.6 Å². The molecule has 0 aliphatic carbocycles. The zero-order chi connectivity index (χ0) is 47.3. The topological polar surface area (TPSA) is 192 Å². The predicted octanol–water partition coefficient (Wildman–Crippen LogP) is 7.84. The summed E-state index contributed by atoms with van der Waals surface area (Å²) in [6.07, 6.45) is 4.04. The summed E-state index contributed by atoms with van der Waals surface area (Å²) in [4.78, 5) is 34.2. The lowest BCUT2D eigenvalue weighted by Crippen LogP contribution is -2.52. The molecular formula is C51H64FN9O6. The van der Waals surface area contributed by atoms with E-state index in [0.29, 0.717) is 71.3 Å². The van der Waals surface area contributed by atoms with E-state index in [9.17, 15) is 15.0 Å². The number of nitrogens with one attached hydrogen (secondary N) is 3. The van der Waals surface area contributed by atoms with Gasteiger partial charge in [0.2, 0.25) is 18.5 Å². The van der Waals surface area contributed by atoms with Gasteiger partial charge in [-0.3, -0.25) is 15.0 Å². The third-order valence-electron chi connectivity index (χ3n) is 13.6. The Morgan fingerprint density at radius 3 is 2.34 bits per heavy atom. The molecule has 3 aromatic carbocycles. The molecule has 3 aliphatic rings. The maximum absolute atomic E-state index is 16.9. The number of benzene rings is 3. The Bertz CT molecular complexity index is 2710. The lowest BCUT2D eigenvalue weighted by Gasteiger charge is -2.33. The second kappa shape index (κ2) is 19.2. The summed E-state index contributed by atoms with van der Waals surface area (Å²) in [5, 5.41) is 25.1. The van der Waals surface area contributed by atoms with Crippen LogP contribution in [0.5, 0.6) is 11.5 Å². The van der Waals surface area contributed by atoms with E-state index in [1.165, 1.54) is 13.2 Å². The number of aromatic amines is 2. The number of methoxy groups -OCH3 is 1. The van der Waals surface area contributed by atoms with Crippen molar-refractivity contribution in [2.24, 2.45) is 23.5 Å². The smallest absolute Gasteiger partial charge is 0.240 e. The zero-order valence-corrected chi connectivity index (χ0v) is 39.4. The molecule has 0 saturated carbocycles. The Morgan fingerprint density at radius 2 is 1.63 bits per heavy atom. The number of H-pyrrole nitrogens is 2. The molecule has 356 valence electrons. The highest BCUT2D eigenvalue weighted by molar-refractivity contribution is 5.92. The number of aromatic nitrogens is 5. The Balaban J connectivity index is 1.06. The number of carbonyl (C=O) groups is 1. The van der Waals surface area contributed by atoms with E-state index in [1.807, 2.05) is 90.6 Å². The van der Waals surface area contributed by atoms with Crippen molar-refractivity contribution in [3.63, 3.8) is 0 Å². The fraction of sp³-hybridized carbons (Fsp3) is 0.471. The number of halogens is 1. The molecule has 0 spiro atoms. The molecule has 2 saturated heterocycles. The minimum atomic E-state index is -1.26. The van der Waals surface area contributed by atoms with Crippen molar-refractivity contribution >= 4 is 16.8 Å². The van der Waals surface area contributed by atoms with Crippen LogP contribution in [0.3, 0.4) is 0 Å². The number of imidazole rings is 2. The number of hydrogen-bond donors (Lipinski definition) is 6. The first-order valence-electron chi connectivity index (χ1n) is 23.7. The van der Waals surface area contributed by atoms with Gasteiger partial charge in [0.1, 0.15) is 35.2 Å². The van der Waals surface area contributed by atoms with E-state index in [-0.39, 0.29) is 29.8 Å². The highest BCUT2D eigenvalue weighted by atomic mass is 19.1. The summed E-state index contributed by atoms with van der Waals surface area (Å²) in [6.45, 7) is 13.9. The first-order chi connectivity index (χ1) is 32.2. The highest BCUT2D eigenvalue weighted by Crippen LogP contribution is 2.48. The van der Waals surface area contributed by atoms with E-state index in [4.69, 9.17) is 29.9 Å². The number of nitrogens with two attached hydrogens (primary N) is 1. The molecular weight excluding hydrogens is 854 g/mol. The number of rotatable bonds is 16. The maximum Gasteiger partial charge on any atom is 0.240 e. The van der Waals surface area contributed by atoms with Crippen molar-refractivity contribution in [2.75, 3.05) is 26.8 Å². The number of amides is 1. The Kier molecular flexibility index (Phi) is 13.3. The van der Waals surface area contributed by atoms with Gasteiger partial charge in [0.05, 0.1) is 65.3 Å². The van der Waals surface area contributed by atoms with Crippen LogP contribution in [0.15, 0.2) is 73.1 Å². The van der Waals surface area contributed by atoms with Crippen molar-refractivity contribution in [3.05, 3.63) is 96.1 Å². The van der Waals surface area contributed by atoms with Crippen LogP contribution in [-0.2, 0) is 9.53 Å². The van der Waals surface area contributed by atoms with Crippen LogP contribution >= 0.6 is 0 Å². The second-order valence-corrected chi connectivity index (χ2v) is 19.4. The summed E-state index contributed by atoms with van der Waals surface area (Å²) in [5.41, 5.74) is 12.0. The van der Waals surface area contributed by atoms with Gasteiger partial charge in [-0.2, -0.15) is 0 Å². The largest absolute Gasteiger partial charge is 0.493 e. The predicted molar refractivity (Wildman–Crippen MR) is 254 cm³/mol. The van der Waals surface area contributed by atoms with Crippen molar-refractivity contribution in [2.45, 2.75) is 110 Å². The third-order valence-corrected chi connectivity index (χ3v) is 13.6. The molecule has 9 rings (SSSR count). The molecule has 6 aromatic rings. The number of nitrogens with zero attached hydrogens (tertiary/aromatic N) is 5. The normalized spacial score (nSPS) is 20.4. The van der Waals surface area contributed by atoms with Crippen molar-refractivity contribution in [1.82, 2.24) is 39.6 Å². The Morgan fingerprint density at radius 1 is 0.910 bits per heavy atom. The van der Waals surface area contributed by atoms with Crippen LogP contribution in [0, 0.1) is 23.6 Å². The van der Waals surface area contributed by atoms with Crippen LogP contribution in [0.4, 0.5) is 4.39 Å². The van der Waals surface area contributed by atoms with E-state index < -0.39 is 36.8 Å². The number of aliphatic hydroxyl groups excluding tert-OH is 2. The quantitative estimate of drug-likeness (QED) is 0.0519. The van der Waals surface area contributed by atoms with Gasteiger partial charge in [0.15, 0.2) is 0 Å². The molecule has 15 nitrogen and oxygen atoms in total. The highest BCUT2D eigenvalue weighted by Gasteiger charge is 2.39. The molecule has 7 unspecified atom stereocenters. The molecule has 1 amide bonds. The van der Waals surface area contributed by atoms with Crippen LogP contribution in [0.1, 0.15) is 103 Å². The van der Waals surface area contributed by atoms with Gasteiger partial charge < -0.3 is 49.6 Å². The van der Waals surface area contributed by atoms with Gasteiger partial charge in [-0.1, -0.05) is 59.7 Å². The van der Waals surface area contributed by atoms with Gasteiger partial charge >= 0.3 is 0 Å². The van der Waals surface area contributed by atoms with E-state index >= 15 is 4.39 Å². The maximum atomic E-state index is 16.9. The average molecular weight is 918 g/mol. The van der Waals surface area contributed by atoms with Crippen LogP contribution in [-0.4, -0.2) is 102 Å². The molecule has 3 aliphatic heterocycles. The van der Waals surface area contributed by atoms with Crippen LogP contribution in [0.2, 0.25) is 0 Å². The molecule has 0 bridgehead atoms. The molecule has 3 aromatic heterocycles. The lowest BCUT2D eigenvalue weighted by atomic mass is 10.0. The summed E-state index contributed by atoms with van der Waals surface area (Å²) < 4.78 is 37.0. The van der Waals surface area contributed by atoms with E-state index in [1.54, 1.807) is 12.4 Å². The van der Waals surface area contributed by atoms with Gasteiger partial charge in [-0.05, 0) is 85.9 Å². The SMILES string of the molecule is COC(O)NC(C(=O)N1CCCC1c1ncc(-c2ccc3c(c2)cc2n3C(c3cccc(OCC(C)C)c3)Oc3cc(-c4cnc(C5CCCN5C(O)C(N)C(C)C)[nH]4)cc(F)c3-2)[nH]1)C(C)C. The van der Waals surface area contributed by atoms with Gasteiger partial charge in [-0.25, -0.2) is 14.4 Å². The lowest BCUT2D eigenvalue weighted by molar-refractivity contribution is -0.145. The number of aliphatic hydroxyl groups is 2. The Labute approximate surface area is 390 Å². The first kappa shape index (κ1) is 46.5. The van der Waals surface area contributed by atoms with Gasteiger partial charge in [0.25, 0.3) is 0 Å². The molecule has 67 heavy (non-hydrogen) atoms. The number of ether oxygens (including phenoxy) is 3. The number of hydrogen-bond acceptors (Lipinski definition) is 11. The Hall–Kier alpha value is -5.62. The number of carbonyl (C=O) groups excluding carboxylic acids is 1. The van der Waals surface area contributed by atoms with Crippen molar-refractivity contribution in [3.8, 4) is 45.3 Å². The van der Waals surface area contributed by atoms with Gasteiger partial charge in [-0.15, -0.1) is 0 Å². The van der Waals surface area contributed by atoms with Gasteiger partial charge in [0, 0.05) is 48.3 Å². The summed E-state index contributed by atoms with van der Waals surface area (Å²) in [5.74, 6) is 2.28. The molecule has 0 radical (unpaired) electrons. The first-order valence-corrected chi connectivity index (χ1v) is 23.7. The minimum absolute atomic E-state index is 0.0884. The summed E-state index contributed by atoms with van der Waals surface area (Å²) in [7, 11) is 1.38. The van der Waals surface area contributed by atoms with Crippen LogP contribution in [0.25, 0.3) is 44.7 Å². The fourth-order valence-corrected chi connectivity index (χ4v) is 9.87. The summed E-state index contributed by atoms with van der Waals surface area (Å²) in [6, 6.07) is 17.9. The molecule has 6 heterocycles. The van der Waals surface area contributed by atoms with E-state index in [0.717, 1.165) is 53.4 Å². The molecule has 2 fully saturated rings. The molecule has 7 N–H and O–H groups in total. The molecule has 16 heteroatoms. The molecule has 7 atom stereocenters. The summed E-state index contributed by atoms with van der Waals surface area (Å²) >= 11 is 0. The van der Waals surface area contributed by atoms with E-state index in [2.05, 4.69) is 35.2 Å². The monoisotopic (exact) mass is 917 g/mol. The van der Waals surface area contributed by atoms with Crippen molar-refractivity contribution in [1.29, 1.82) is 0 Å². The minimum Gasteiger partial charge on any atom is -0.493 e. The standard InChI is InChI=1S/C51H64FN9O6/c1-27(2)26-66-34-12-8-11-31(20-34)50-61-38-16-15-30(36-24-54-47(56-36)40-14-10-18-60(40)49(63)45(29(5)6)58-51(64)65-7)19-33(38)22-41(61)43-35(52)21-32(23-42(43)67-50)37-25-55-46(57-37)39-13-9-17-59(39)48(62)44(53)28(3)4/h8,11-12,15-16,19-25,27-29,39-40,44-45,48,50-51,58,62,64H,9-10,13-14,17-18,26,53H2,1-7H3,(H,54,56)(H,55,57). The average Bonchev–Trinajstić information content (AvgIpc) is 4.18. The number of likely N-dealkylation sites (tertiary alicyclic amines) is 2. The second-order valence-electron chi connectivity index (χ2n) is 19.4. The van der Waals surface area contributed by atoms with Crippen LogP contribution < -0.4 is 20.5 Å². The third kappa shape index (κ3) is 9.10. The number of fused-ring (bicyclic) bond motifs is 5. The zero-order valence-electron chi connectivity index (χ0n) is 39.4.